The molecule has 0 saturated carbocycles. The number of hydrogen-bond donors (Lipinski definition) is 1. The lowest BCUT2D eigenvalue weighted by Gasteiger charge is -2.37. The van der Waals surface area contributed by atoms with Crippen LogP contribution in [-0.4, -0.2) is 41.1 Å². The molecular formula is C16H18ClN3O3. The first-order valence-electron chi connectivity index (χ1n) is 7.40. The van der Waals surface area contributed by atoms with E-state index >= 15 is 0 Å². The van der Waals surface area contributed by atoms with E-state index in [1.165, 1.54) is 0 Å². The Hall–Kier alpha value is -1.89. The van der Waals surface area contributed by atoms with Crippen LogP contribution in [-0.2, 0) is 16.1 Å². The predicted octanol–water partition coefficient (Wildman–Crippen LogP) is 2.07. The van der Waals surface area contributed by atoms with Crippen LogP contribution < -0.4 is 5.73 Å². The molecule has 0 radical (unpaired) electrons. The Balaban J connectivity index is 1.75. The van der Waals surface area contributed by atoms with Crippen molar-refractivity contribution in [3.63, 3.8) is 0 Å². The molecule has 1 saturated heterocycles. The average molecular weight is 336 g/mol. The number of halogens is 1. The topological polar surface area (TPSA) is 81.6 Å². The molecule has 1 aliphatic heterocycles. The van der Waals surface area contributed by atoms with Crippen LogP contribution in [0, 0.1) is 0 Å². The fourth-order valence-corrected chi connectivity index (χ4v) is 2.90. The molecule has 1 amide bonds. The van der Waals surface area contributed by atoms with Crippen molar-refractivity contribution in [2.24, 2.45) is 5.73 Å². The smallest absolute Gasteiger partial charge is 0.237 e. The van der Waals surface area contributed by atoms with Crippen LogP contribution in [0.15, 0.2) is 34.9 Å². The molecule has 0 spiro atoms. The molecule has 3 rings (SSSR count). The van der Waals surface area contributed by atoms with Gasteiger partial charge in [-0.15, -0.1) is 0 Å². The van der Waals surface area contributed by atoms with Crippen LogP contribution in [0.2, 0.25) is 5.02 Å². The number of rotatable bonds is 4. The third kappa shape index (κ3) is 3.55. The summed E-state index contributed by atoms with van der Waals surface area (Å²) in [6.07, 6.45) is 1.42. The highest BCUT2D eigenvalue weighted by atomic mass is 35.5. The Bertz CT molecular complexity index is 686. The monoisotopic (exact) mass is 335 g/mol. The van der Waals surface area contributed by atoms with E-state index in [1.807, 2.05) is 24.0 Å². The summed E-state index contributed by atoms with van der Waals surface area (Å²) in [4.78, 5) is 17.9. The van der Waals surface area contributed by atoms with Crippen molar-refractivity contribution in [2.45, 2.75) is 25.6 Å². The molecule has 23 heavy (non-hydrogen) atoms. The van der Waals surface area contributed by atoms with Gasteiger partial charge in [-0.2, -0.15) is 0 Å². The number of carbonyl (C=O) groups is 1. The van der Waals surface area contributed by atoms with E-state index < -0.39 is 11.9 Å². The van der Waals surface area contributed by atoms with E-state index in [0.717, 1.165) is 5.56 Å². The Morgan fingerprint density at radius 2 is 2.17 bits per heavy atom. The summed E-state index contributed by atoms with van der Waals surface area (Å²) < 4.78 is 11.3. The number of hydrogen-bond acceptors (Lipinski definition) is 5. The van der Waals surface area contributed by atoms with E-state index in [9.17, 15) is 4.79 Å². The molecule has 6 nitrogen and oxygen atoms in total. The van der Waals surface area contributed by atoms with Gasteiger partial charge in [0.05, 0.1) is 25.5 Å². The molecule has 2 heterocycles. The van der Waals surface area contributed by atoms with E-state index in [-0.39, 0.29) is 6.10 Å². The van der Waals surface area contributed by atoms with Gasteiger partial charge in [0.2, 0.25) is 11.8 Å². The molecule has 122 valence electrons. The number of aromatic nitrogens is 1. The van der Waals surface area contributed by atoms with Crippen LogP contribution in [0.5, 0.6) is 0 Å². The summed E-state index contributed by atoms with van der Waals surface area (Å²) in [7, 11) is 0. The molecule has 2 N–H and O–H groups in total. The standard InChI is InChI=1S/C16H18ClN3O3/c1-10-15(16(18)21)20(6-7-22-10)9-14-19-8-13(23-14)11-2-4-12(17)5-3-11/h2-5,8,10,15H,6-7,9H2,1H3,(H2,18,21)/t10-,15+/m1/s1. The number of morpholine rings is 1. The van der Waals surface area contributed by atoms with Crippen molar-refractivity contribution in [1.82, 2.24) is 9.88 Å². The van der Waals surface area contributed by atoms with E-state index in [1.54, 1.807) is 18.3 Å². The minimum atomic E-state index is -0.477. The van der Waals surface area contributed by atoms with Gasteiger partial charge in [0.25, 0.3) is 0 Å². The van der Waals surface area contributed by atoms with Gasteiger partial charge >= 0.3 is 0 Å². The number of amides is 1. The van der Waals surface area contributed by atoms with Gasteiger partial charge in [-0.3, -0.25) is 9.69 Å². The Labute approximate surface area is 139 Å². The third-order valence-corrected chi connectivity index (χ3v) is 4.16. The quantitative estimate of drug-likeness (QED) is 0.925. The van der Waals surface area contributed by atoms with Gasteiger partial charge in [0.15, 0.2) is 5.76 Å². The number of ether oxygens (including phenoxy) is 1. The van der Waals surface area contributed by atoms with Gasteiger partial charge < -0.3 is 14.9 Å². The Kier molecular flexibility index (Phi) is 4.66. The van der Waals surface area contributed by atoms with E-state index in [4.69, 9.17) is 26.5 Å². The van der Waals surface area contributed by atoms with Gasteiger partial charge in [-0.1, -0.05) is 11.6 Å². The Morgan fingerprint density at radius 3 is 2.87 bits per heavy atom. The summed E-state index contributed by atoms with van der Waals surface area (Å²) in [6.45, 7) is 3.41. The largest absolute Gasteiger partial charge is 0.439 e. The third-order valence-electron chi connectivity index (χ3n) is 3.91. The first-order valence-corrected chi connectivity index (χ1v) is 7.78. The predicted molar refractivity (Wildman–Crippen MR) is 85.8 cm³/mol. The molecule has 0 unspecified atom stereocenters. The van der Waals surface area contributed by atoms with Crippen molar-refractivity contribution < 1.29 is 13.9 Å². The van der Waals surface area contributed by atoms with Crippen LogP contribution in [0.3, 0.4) is 0 Å². The van der Waals surface area contributed by atoms with Gasteiger partial charge in [-0.25, -0.2) is 4.98 Å². The lowest BCUT2D eigenvalue weighted by atomic mass is 10.1. The molecule has 1 aliphatic rings. The first-order chi connectivity index (χ1) is 11.0. The van der Waals surface area contributed by atoms with E-state index in [0.29, 0.717) is 36.4 Å². The second kappa shape index (κ2) is 6.70. The summed E-state index contributed by atoms with van der Waals surface area (Å²) in [6, 6.07) is 6.86. The van der Waals surface area contributed by atoms with Gasteiger partial charge in [-0.05, 0) is 31.2 Å². The Morgan fingerprint density at radius 1 is 1.43 bits per heavy atom. The summed E-state index contributed by atoms with van der Waals surface area (Å²) in [5.74, 6) is 0.797. The number of benzene rings is 1. The van der Waals surface area contributed by atoms with Crippen molar-refractivity contribution in [1.29, 1.82) is 0 Å². The zero-order chi connectivity index (χ0) is 16.4. The second-order valence-corrected chi connectivity index (χ2v) is 5.96. The number of primary amides is 1. The second-order valence-electron chi connectivity index (χ2n) is 5.52. The fraction of sp³-hybridized carbons (Fsp3) is 0.375. The summed E-state index contributed by atoms with van der Waals surface area (Å²) in [5, 5.41) is 0.667. The van der Waals surface area contributed by atoms with Crippen molar-refractivity contribution in [3.05, 3.63) is 41.4 Å². The lowest BCUT2D eigenvalue weighted by molar-refractivity contribution is -0.136. The minimum absolute atomic E-state index is 0.244. The number of carbonyl (C=O) groups excluding carboxylic acids is 1. The lowest BCUT2D eigenvalue weighted by Crippen LogP contribution is -2.56. The molecule has 2 atom stereocenters. The number of oxazole rings is 1. The van der Waals surface area contributed by atoms with Crippen molar-refractivity contribution in [2.75, 3.05) is 13.2 Å². The number of nitrogens with two attached hydrogens (primary N) is 1. The highest BCUT2D eigenvalue weighted by Crippen LogP contribution is 2.24. The molecule has 1 aromatic heterocycles. The number of nitrogens with zero attached hydrogens (tertiary/aromatic N) is 2. The fourth-order valence-electron chi connectivity index (χ4n) is 2.78. The maximum atomic E-state index is 11.7. The molecule has 7 heteroatoms. The highest BCUT2D eigenvalue weighted by molar-refractivity contribution is 6.30. The average Bonchev–Trinajstić information content (AvgIpc) is 2.96. The highest BCUT2D eigenvalue weighted by Gasteiger charge is 2.34. The zero-order valence-electron chi connectivity index (χ0n) is 12.7. The molecule has 0 aliphatic carbocycles. The van der Waals surface area contributed by atoms with Gasteiger partial charge in [0, 0.05) is 17.1 Å². The van der Waals surface area contributed by atoms with Crippen molar-refractivity contribution in [3.8, 4) is 11.3 Å². The van der Waals surface area contributed by atoms with Gasteiger partial charge in [0.1, 0.15) is 6.04 Å². The van der Waals surface area contributed by atoms with E-state index in [2.05, 4.69) is 4.98 Å². The molecular weight excluding hydrogens is 318 g/mol. The minimum Gasteiger partial charge on any atom is -0.439 e. The summed E-state index contributed by atoms with van der Waals surface area (Å²) in [5.41, 5.74) is 6.39. The normalized spacial score (nSPS) is 22.2. The van der Waals surface area contributed by atoms with Crippen LogP contribution >= 0.6 is 11.6 Å². The first kappa shape index (κ1) is 16.0. The van der Waals surface area contributed by atoms with Crippen LogP contribution in [0.25, 0.3) is 11.3 Å². The van der Waals surface area contributed by atoms with Crippen LogP contribution in [0.4, 0.5) is 0 Å². The van der Waals surface area contributed by atoms with Crippen LogP contribution in [0.1, 0.15) is 12.8 Å². The molecule has 2 aromatic rings. The van der Waals surface area contributed by atoms with Crippen molar-refractivity contribution >= 4 is 17.5 Å². The maximum Gasteiger partial charge on any atom is 0.237 e. The zero-order valence-corrected chi connectivity index (χ0v) is 13.5. The molecule has 1 fully saturated rings. The molecule has 0 bridgehead atoms. The molecule has 1 aromatic carbocycles. The SMILES string of the molecule is C[C@H]1OCCN(Cc2ncc(-c3ccc(Cl)cc3)o2)[C@@H]1C(N)=O. The summed E-state index contributed by atoms with van der Waals surface area (Å²) >= 11 is 5.88. The maximum absolute atomic E-state index is 11.7.